The lowest BCUT2D eigenvalue weighted by Crippen LogP contribution is -2.07. The molecule has 0 aromatic heterocycles. The summed E-state index contributed by atoms with van der Waals surface area (Å²) in [7, 11) is 0. The second-order valence-corrected chi connectivity index (χ2v) is 4.77. The van der Waals surface area contributed by atoms with Crippen LogP contribution in [-0.2, 0) is 6.18 Å². The molecule has 0 spiro atoms. The number of halogens is 3. The van der Waals surface area contributed by atoms with Crippen molar-refractivity contribution in [2.45, 2.75) is 12.6 Å². The van der Waals surface area contributed by atoms with E-state index in [9.17, 15) is 13.2 Å². The van der Waals surface area contributed by atoms with Crippen LogP contribution in [0.2, 0.25) is 0 Å². The topological polar surface area (TPSA) is 32.6 Å². The number of allylic oxidation sites excluding steroid dienone is 1. The monoisotopic (exact) mass is 305 g/mol. The van der Waals surface area contributed by atoms with E-state index in [2.05, 4.69) is 11.7 Å². The predicted octanol–water partition coefficient (Wildman–Crippen LogP) is 4.99. The number of benzene rings is 2. The third-order valence-electron chi connectivity index (χ3n) is 3.23. The second-order valence-electron chi connectivity index (χ2n) is 4.77. The Morgan fingerprint density at radius 3 is 2.05 bits per heavy atom. The van der Waals surface area contributed by atoms with Crippen molar-refractivity contribution < 1.29 is 18.4 Å². The molecule has 0 saturated heterocycles. The van der Waals surface area contributed by atoms with Crippen molar-refractivity contribution in [3.05, 3.63) is 77.9 Å². The zero-order valence-corrected chi connectivity index (χ0v) is 11.6. The average molecular weight is 305 g/mol. The number of alkyl halides is 3. The third-order valence-corrected chi connectivity index (χ3v) is 3.23. The van der Waals surface area contributed by atoms with Crippen LogP contribution in [0, 0.1) is 0 Å². The maximum absolute atomic E-state index is 12.5. The molecular formula is C17H14F3NO. The van der Waals surface area contributed by atoms with Gasteiger partial charge in [0.2, 0.25) is 0 Å². The fourth-order valence-electron chi connectivity index (χ4n) is 2.02. The molecule has 0 amide bonds. The van der Waals surface area contributed by atoms with Gasteiger partial charge in [-0.15, -0.1) is 0 Å². The van der Waals surface area contributed by atoms with Crippen LogP contribution in [0.4, 0.5) is 13.2 Å². The number of hydrogen-bond donors (Lipinski definition) is 1. The van der Waals surface area contributed by atoms with Gasteiger partial charge in [0, 0.05) is 6.42 Å². The van der Waals surface area contributed by atoms with Gasteiger partial charge in [0.25, 0.3) is 0 Å². The number of rotatable bonds is 4. The van der Waals surface area contributed by atoms with E-state index in [-0.39, 0.29) is 12.1 Å². The number of hydrogen-bond acceptors (Lipinski definition) is 2. The first-order valence-electron chi connectivity index (χ1n) is 6.53. The Morgan fingerprint density at radius 1 is 0.955 bits per heavy atom. The average Bonchev–Trinajstić information content (AvgIpc) is 2.52. The van der Waals surface area contributed by atoms with Gasteiger partial charge >= 0.3 is 6.18 Å². The van der Waals surface area contributed by atoms with E-state index >= 15 is 0 Å². The molecule has 0 aliphatic rings. The molecule has 5 heteroatoms. The van der Waals surface area contributed by atoms with Gasteiger partial charge in [-0.1, -0.05) is 54.2 Å². The molecule has 0 saturated carbocycles. The summed E-state index contributed by atoms with van der Waals surface area (Å²) in [5, 5.41) is 12.3. The van der Waals surface area contributed by atoms with Crippen molar-refractivity contribution in [2.75, 3.05) is 0 Å². The minimum absolute atomic E-state index is 0.242. The third kappa shape index (κ3) is 3.75. The summed E-state index contributed by atoms with van der Waals surface area (Å²) in [4.78, 5) is 0. The molecule has 0 fully saturated rings. The van der Waals surface area contributed by atoms with Crippen LogP contribution in [0.1, 0.15) is 23.1 Å². The summed E-state index contributed by atoms with van der Waals surface area (Å²) in [6.07, 6.45) is -4.14. The Labute approximate surface area is 126 Å². The molecule has 0 heterocycles. The van der Waals surface area contributed by atoms with E-state index < -0.39 is 11.7 Å². The molecule has 0 aliphatic heterocycles. The minimum Gasteiger partial charge on any atom is -0.411 e. The standard InChI is InChI=1S/C17H14F3NO/c1-12(13-5-3-2-4-6-13)11-16(21-22)14-7-9-15(10-8-14)17(18,19)20/h2-10,22H,1,11H2. The Hall–Kier alpha value is -2.56. The van der Waals surface area contributed by atoms with E-state index in [1.165, 1.54) is 12.1 Å². The first-order valence-corrected chi connectivity index (χ1v) is 6.53. The van der Waals surface area contributed by atoms with Crippen LogP contribution < -0.4 is 0 Å². The molecule has 0 radical (unpaired) electrons. The van der Waals surface area contributed by atoms with Gasteiger partial charge in [0.05, 0.1) is 11.3 Å². The zero-order valence-electron chi connectivity index (χ0n) is 11.6. The van der Waals surface area contributed by atoms with Crippen molar-refractivity contribution in [1.82, 2.24) is 0 Å². The highest BCUT2D eigenvalue weighted by molar-refractivity contribution is 6.05. The van der Waals surface area contributed by atoms with Crippen LogP contribution in [0.25, 0.3) is 5.57 Å². The van der Waals surface area contributed by atoms with Crippen molar-refractivity contribution in [2.24, 2.45) is 5.16 Å². The quantitative estimate of drug-likeness (QED) is 0.482. The normalized spacial score (nSPS) is 12.2. The summed E-state index contributed by atoms with van der Waals surface area (Å²) < 4.78 is 37.6. The Bertz CT molecular complexity index is 673. The second kappa shape index (κ2) is 6.47. The lowest BCUT2D eigenvalue weighted by Gasteiger charge is -2.10. The lowest BCUT2D eigenvalue weighted by atomic mass is 9.97. The van der Waals surface area contributed by atoms with Gasteiger partial charge in [-0.25, -0.2) is 0 Å². The van der Waals surface area contributed by atoms with Crippen LogP contribution >= 0.6 is 0 Å². The van der Waals surface area contributed by atoms with E-state index in [0.717, 1.165) is 17.7 Å². The molecule has 114 valence electrons. The fraction of sp³-hybridized carbons (Fsp3) is 0.118. The summed E-state index contributed by atoms with van der Waals surface area (Å²) in [6.45, 7) is 3.92. The molecule has 2 aromatic rings. The fourth-order valence-corrected chi connectivity index (χ4v) is 2.02. The van der Waals surface area contributed by atoms with Gasteiger partial charge < -0.3 is 5.21 Å². The highest BCUT2D eigenvalue weighted by atomic mass is 19.4. The minimum atomic E-state index is -4.39. The Balaban J connectivity index is 2.18. The number of nitrogens with zero attached hydrogens (tertiary/aromatic N) is 1. The first-order chi connectivity index (χ1) is 10.4. The van der Waals surface area contributed by atoms with Crippen molar-refractivity contribution in [3.8, 4) is 0 Å². The summed E-state index contributed by atoms with van der Waals surface area (Å²) >= 11 is 0. The maximum atomic E-state index is 12.5. The van der Waals surface area contributed by atoms with Gasteiger partial charge in [-0.2, -0.15) is 13.2 Å². The Morgan fingerprint density at radius 2 is 1.55 bits per heavy atom. The lowest BCUT2D eigenvalue weighted by molar-refractivity contribution is -0.137. The molecule has 0 aliphatic carbocycles. The highest BCUT2D eigenvalue weighted by Gasteiger charge is 2.30. The largest absolute Gasteiger partial charge is 0.416 e. The Kier molecular flexibility index (Phi) is 4.65. The van der Waals surface area contributed by atoms with Gasteiger partial charge in [0.15, 0.2) is 0 Å². The smallest absolute Gasteiger partial charge is 0.411 e. The van der Waals surface area contributed by atoms with Gasteiger partial charge in [0.1, 0.15) is 0 Å². The molecule has 0 atom stereocenters. The summed E-state index contributed by atoms with van der Waals surface area (Å²) in [6, 6.07) is 13.8. The summed E-state index contributed by atoms with van der Waals surface area (Å²) in [5.74, 6) is 0. The molecule has 22 heavy (non-hydrogen) atoms. The van der Waals surface area contributed by atoms with E-state index in [1.54, 1.807) is 0 Å². The SMILES string of the molecule is C=C(CC(=NO)c1ccc(C(F)(F)F)cc1)c1ccccc1. The van der Waals surface area contributed by atoms with Gasteiger partial charge in [-0.3, -0.25) is 0 Å². The van der Waals surface area contributed by atoms with E-state index in [1.807, 2.05) is 30.3 Å². The molecule has 1 N–H and O–H groups in total. The van der Waals surface area contributed by atoms with Crippen molar-refractivity contribution >= 4 is 11.3 Å². The molecule has 0 unspecified atom stereocenters. The predicted molar refractivity (Wildman–Crippen MR) is 79.9 cm³/mol. The van der Waals surface area contributed by atoms with Crippen LogP contribution in [-0.4, -0.2) is 10.9 Å². The molecule has 2 aromatic carbocycles. The maximum Gasteiger partial charge on any atom is 0.416 e. The highest BCUT2D eigenvalue weighted by Crippen LogP contribution is 2.29. The van der Waals surface area contributed by atoms with Crippen molar-refractivity contribution in [1.29, 1.82) is 0 Å². The number of oxime groups is 1. The zero-order chi connectivity index (χ0) is 16.2. The first kappa shape index (κ1) is 15.8. The molecular weight excluding hydrogens is 291 g/mol. The molecule has 2 rings (SSSR count). The summed E-state index contributed by atoms with van der Waals surface area (Å²) in [5.41, 5.74) is 1.55. The van der Waals surface area contributed by atoms with Crippen LogP contribution in [0.5, 0.6) is 0 Å². The molecule has 2 nitrogen and oxygen atoms in total. The van der Waals surface area contributed by atoms with Gasteiger partial charge in [-0.05, 0) is 28.8 Å². The van der Waals surface area contributed by atoms with E-state index in [0.29, 0.717) is 11.1 Å². The van der Waals surface area contributed by atoms with Crippen LogP contribution in [0.3, 0.4) is 0 Å². The van der Waals surface area contributed by atoms with Crippen molar-refractivity contribution in [3.63, 3.8) is 0 Å². The molecule has 0 bridgehead atoms. The van der Waals surface area contributed by atoms with E-state index in [4.69, 9.17) is 5.21 Å². The van der Waals surface area contributed by atoms with Crippen LogP contribution in [0.15, 0.2) is 66.3 Å².